The van der Waals surface area contributed by atoms with E-state index in [1.54, 1.807) is 20.4 Å². The van der Waals surface area contributed by atoms with Gasteiger partial charge in [-0.3, -0.25) is 24.5 Å². The second-order valence-corrected chi connectivity index (χ2v) is 15.9. The van der Waals surface area contributed by atoms with Gasteiger partial charge < -0.3 is 19.9 Å². The third-order valence-corrected chi connectivity index (χ3v) is 12.6. The van der Waals surface area contributed by atoms with E-state index in [0.29, 0.717) is 24.4 Å². The first kappa shape index (κ1) is 36.2. The Morgan fingerprint density at radius 3 is 2.35 bits per heavy atom. The van der Waals surface area contributed by atoms with Crippen molar-refractivity contribution in [1.82, 2.24) is 24.9 Å². The number of hydrogen-bond acceptors (Lipinski definition) is 8. The minimum atomic E-state index is -0.366. The van der Waals surface area contributed by atoms with Gasteiger partial charge in [-0.15, -0.1) is 0 Å². The second-order valence-electron chi connectivity index (χ2n) is 15.5. The number of imide groups is 1. The molecule has 0 bridgehead atoms. The number of nitrogens with zero attached hydrogens (tertiary/aromatic N) is 4. The monoisotopic (exact) mass is 728 g/mol. The smallest absolute Gasteiger partial charge is 0.287 e. The van der Waals surface area contributed by atoms with Gasteiger partial charge in [0.1, 0.15) is 10.8 Å². The summed E-state index contributed by atoms with van der Waals surface area (Å²) >= 11 is 6.33. The van der Waals surface area contributed by atoms with Crippen molar-refractivity contribution in [2.24, 2.45) is 12.5 Å². The van der Waals surface area contributed by atoms with Crippen LogP contribution in [0.2, 0.25) is 5.02 Å². The number of rotatable bonds is 7. The fraction of sp³-hybridized carbons (Fsp3) is 0.525. The van der Waals surface area contributed by atoms with Gasteiger partial charge in [-0.05, 0) is 105 Å². The topological polar surface area (TPSA) is 126 Å². The van der Waals surface area contributed by atoms with E-state index < -0.39 is 0 Å². The predicted octanol–water partition coefficient (Wildman–Crippen LogP) is 5.44. The lowest BCUT2D eigenvalue weighted by atomic mass is 9.64. The molecular formula is C40H49ClN6O5. The van der Waals surface area contributed by atoms with E-state index in [1.807, 2.05) is 23.1 Å². The van der Waals surface area contributed by atoms with Crippen molar-refractivity contribution in [1.29, 1.82) is 0 Å². The molecule has 4 heterocycles. The standard InChI is InChI=1S/C40H49ClN6O5/c1-45-23-29(20-30(24-45)43-33-22-42-46(2)39(51)36(33)41)25-4-6-27(7-5-25)38(50)47-18-16-40(17-19-47)14-12-26(13-15-40)28-8-9-31(34(21-28)52-3)32-10-11-35(48)44-37(32)49/h4-9,21-22,26,29-30,32,43H,10-20,23-24H2,1-3H3,(H,44,48,49)/t29-,30+,32?/m0/s1. The number of hydrogen-bond donors (Lipinski definition) is 2. The van der Waals surface area contributed by atoms with Crippen LogP contribution >= 0.6 is 11.6 Å². The van der Waals surface area contributed by atoms with Crippen LogP contribution in [0.4, 0.5) is 5.69 Å². The van der Waals surface area contributed by atoms with E-state index in [4.69, 9.17) is 16.3 Å². The zero-order valence-electron chi connectivity index (χ0n) is 30.3. The molecule has 2 N–H and O–H groups in total. The zero-order chi connectivity index (χ0) is 36.6. The Bertz CT molecular complexity index is 1880. The number of aryl methyl sites for hydroxylation is 1. The first-order valence-electron chi connectivity index (χ1n) is 18.6. The molecule has 3 aliphatic heterocycles. The maximum absolute atomic E-state index is 13.6. The van der Waals surface area contributed by atoms with Crippen molar-refractivity contribution in [2.45, 2.75) is 81.6 Å². The van der Waals surface area contributed by atoms with Crippen LogP contribution in [0.1, 0.15) is 103 Å². The Balaban J connectivity index is 0.918. The molecule has 4 fully saturated rings. The van der Waals surface area contributed by atoms with Crippen LogP contribution in [0.5, 0.6) is 5.75 Å². The fourth-order valence-electron chi connectivity index (χ4n) is 9.08. The normalized spacial score (nSPS) is 24.1. The van der Waals surface area contributed by atoms with Crippen LogP contribution < -0.4 is 20.9 Å². The number of piperidine rings is 3. The highest BCUT2D eigenvalue weighted by molar-refractivity contribution is 6.32. The number of amides is 3. The van der Waals surface area contributed by atoms with Crippen LogP contribution in [0.3, 0.4) is 0 Å². The molecule has 52 heavy (non-hydrogen) atoms. The maximum Gasteiger partial charge on any atom is 0.287 e. The molecule has 1 aromatic heterocycles. The number of methoxy groups -OCH3 is 1. The molecule has 2 aromatic carbocycles. The summed E-state index contributed by atoms with van der Waals surface area (Å²) < 4.78 is 6.97. The maximum atomic E-state index is 13.6. The predicted molar refractivity (Wildman–Crippen MR) is 200 cm³/mol. The molecule has 3 atom stereocenters. The molecule has 3 amide bonds. The van der Waals surface area contributed by atoms with Crippen LogP contribution in [0.25, 0.3) is 0 Å². The summed E-state index contributed by atoms with van der Waals surface area (Å²) in [5.74, 6) is 0.706. The summed E-state index contributed by atoms with van der Waals surface area (Å²) in [6.07, 6.45) is 9.84. The average Bonchev–Trinajstić information content (AvgIpc) is 3.15. The highest BCUT2D eigenvalue weighted by atomic mass is 35.5. The molecule has 1 saturated carbocycles. The Labute approximate surface area is 310 Å². The minimum Gasteiger partial charge on any atom is -0.496 e. The van der Waals surface area contributed by atoms with Crippen LogP contribution in [-0.2, 0) is 16.6 Å². The Morgan fingerprint density at radius 1 is 0.942 bits per heavy atom. The first-order chi connectivity index (χ1) is 25.0. The summed E-state index contributed by atoms with van der Waals surface area (Å²) in [4.78, 5) is 54.4. The van der Waals surface area contributed by atoms with Crippen molar-refractivity contribution in [3.8, 4) is 5.75 Å². The quantitative estimate of drug-likeness (QED) is 0.308. The number of likely N-dealkylation sites (tertiary alicyclic amines) is 2. The molecule has 1 unspecified atom stereocenters. The Kier molecular flexibility index (Phi) is 10.4. The van der Waals surface area contributed by atoms with Crippen molar-refractivity contribution in [2.75, 3.05) is 45.7 Å². The van der Waals surface area contributed by atoms with Crippen LogP contribution in [-0.4, -0.2) is 83.7 Å². The summed E-state index contributed by atoms with van der Waals surface area (Å²) in [5.41, 5.74) is 4.53. The molecule has 1 spiro atoms. The molecule has 3 aromatic rings. The number of ether oxygens (including phenoxy) is 1. The number of benzene rings is 2. The molecular weight excluding hydrogens is 680 g/mol. The Hall–Kier alpha value is -4.22. The first-order valence-corrected chi connectivity index (χ1v) is 19.0. The summed E-state index contributed by atoms with van der Waals surface area (Å²) in [7, 11) is 5.32. The van der Waals surface area contributed by atoms with Gasteiger partial charge in [0.05, 0.1) is 24.9 Å². The second kappa shape index (κ2) is 15.0. The number of halogens is 1. The van der Waals surface area contributed by atoms with E-state index in [2.05, 4.69) is 51.9 Å². The SMILES string of the molecule is COc1cc(C2CCC3(CC2)CCN(C(=O)c2ccc([C@H]4C[C@@H](Nc5cnn(C)c(=O)c5Cl)CN(C)C4)cc2)CC3)ccc1C1CCC(=O)NC1=O. The largest absolute Gasteiger partial charge is 0.496 e. The number of carbonyl (C=O) groups excluding carboxylic acids is 3. The van der Waals surface area contributed by atoms with Gasteiger partial charge in [-0.1, -0.05) is 35.9 Å². The van der Waals surface area contributed by atoms with Crippen molar-refractivity contribution in [3.63, 3.8) is 0 Å². The summed E-state index contributed by atoms with van der Waals surface area (Å²) in [5, 5.41) is 10.2. The number of aromatic nitrogens is 2. The van der Waals surface area contributed by atoms with Gasteiger partial charge in [0.15, 0.2) is 0 Å². The van der Waals surface area contributed by atoms with Gasteiger partial charge in [-0.2, -0.15) is 5.10 Å². The fourth-order valence-corrected chi connectivity index (χ4v) is 9.31. The molecule has 4 aliphatic rings. The molecule has 11 nitrogen and oxygen atoms in total. The zero-order valence-corrected chi connectivity index (χ0v) is 31.1. The third kappa shape index (κ3) is 7.48. The number of nitrogens with one attached hydrogen (secondary N) is 2. The lowest BCUT2D eigenvalue weighted by molar-refractivity contribution is -0.134. The van der Waals surface area contributed by atoms with Crippen molar-refractivity contribution < 1.29 is 19.1 Å². The van der Waals surface area contributed by atoms with E-state index in [9.17, 15) is 19.2 Å². The van der Waals surface area contributed by atoms with Gasteiger partial charge in [0.2, 0.25) is 11.8 Å². The highest BCUT2D eigenvalue weighted by Crippen LogP contribution is 2.49. The van der Waals surface area contributed by atoms with E-state index in [-0.39, 0.29) is 51.6 Å². The van der Waals surface area contributed by atoms with Gasteiger partial charge in [0.25, 0.3) is 11.5 Å². The van der Waals surface area contributed by atoms with Crippen molar-refractivity contribution in [3.05, 3.63) is 86.3 Å². The van der Waals surface area contributed by atoms with E-state index in [0.717, 1.165) is 88.0 Å². The molecule has 3 saturated heterocycles. The average molecular weight is 729 g/mol. The molecule has 1 aliphatic carbocycles. The third-order valence-electron chi connectivity index (χ3n) is 12.2. The minimum absolute atomic E-state index is 0.0978. The lowest BCUT2D eigenvalue weighted by Crippen LogP contribution is -2.44. The van der Waals surface area contributed by atoms with Crippen molar-refractivity contribution >= 4 is 35.0 Å². The van der Waals surface area contributed by atoms with E-state index >= 15 is 0 Å². The number of anilines is 1. The van der Waals surface area contributed by atoms with Gasteiger partial charge >= 0.3 is 0 Å². The lowest BCUT2D eigenvalue weighted by Gasteiger charge is -2.46. The van der Waals surface area contributed by atoms with E-state index in [1.165, 1.54) is 15.8 Å². The number of carbonyl (C=O) groups is 3. The van der Waals surface area contributed by atoms with Gasteiger partial charge in [-0.25, -0.2) is 4.68 Å². The molecule has 276 valence electrons. The summed E-state index contributed by atoms with van der Waals surface area (Å²) in [6, 6.07) is 14.5. The van der Waals surface area contributed by atoms with Crippen LogP contribution in [0, 0.1) is 5.41 Å². The van der Waals surface area contributed by atoms with Crippen LogP contribution in [0.15, 0.2) is 53.5 Å². The molecule has 0 radical (unpaired) electrons. The highest BCUT2D eigenvalue weighted by Gasteiger charge is 2.40. The number of likely N-dealkylation sites (N-methyl/N-ethyl adjacent to an activating group) is 1. The molecule has 7 rings (SSSR count). The molecule has 12 heteroatoms. The Morgan fingerprint density at radius 2 is 1.65 bits per heavy atom. The van der Waals surface area contributed by atoms with Gasteiger partial charge in [0, 0.05) is 56.8 Å². The summed E-state index contributed by atoms with van der Waals surface area (Å²) in [6.45, 7) is 3.29.